The number of nitro benzene ring substituents is 1. The van der Waals surface area contributed by atoms with E-state index >= 15 is 0 Å². The van der Waals surface area contributed by atoms with Crippen molar-refractivity contribution in [2.75, 3.05) is 5.32 Å². The number of thioether (sulfide) groups is 1. The van der Waals surface area contributed by atoms with Gasteiger partial charge in [-0.3, -0.25) is 10.1 Å². The van der Waals surface area contributed by atoms with Crippen molar-refractivity contribution in [3.8, 4) is 0 Å². The zero-order valence-corrected chi connectivity index (χ0v) is 21.2. The average molecular weight is 531 g/mol. The van der Waals surface area contributed by atoms with Crippen LogP contribution in [0.15, 0.2) is 89.8 Å². The van der Waals surface area contributed by atoms with Gasteiger partial charge in [0, 0.05) is 17.2 Å². The summed E-state index contributed by atoms with van der Waals surface area (Å²) in [5, 5.41) is 27.0. The topological polar surface area (TPSA) is 92.5 Å². The van der Waals surface area contributed by atoms with Crippen LogP contribution in [-0.2, 0) is 0 Å². The van der Waals surface area contributed by atoms with Crippen molar-refractivity contribution < 1.29 is 14.8 Å². The number of carboxylic acids is 1. The van der Waals surface area contributed by atoms with Gasteiger partial charge in [0.05, 0.1) is 32.5 Å². The highest BCUT2D eigenvalue weighted by Gasteiger charge is 2.51. The third kappa shape index (κ3) is 4.03. The first-order valence-electron chi connectivity index (χ1n) is 12.1. The Balaban J connectivity index is 1.47. The van der Waals surface area contributed by atoms with Crippen LogP contribution in [0, 0.1) is 16.0 Å². The SMILES string of the molecule is O=C(O)c1cccc2c1N[C@H](c1cccc3ccccc13)[C@@H]1C[C@H](Sc3ccccc3[N+](=O)[O-])[C@H](Cl)[C@H]21. The van der Waals surface area contributed by atoms with E-state index in [1.165, 1.54) is 17.8 Å². The fraction of sp³-hybridized carbons (Fsp3) is 0.207. The van der Waals surface area contributed by atoms with Gasteiger partial charge < -0.3 is 10.4 Å². The number of anilines is 1. The molecule has 0 saturated heterocycles. The number of para-hydroxylation sites is 2. The summed E-state index contributed by atoms with van der Waals surface area (Å²) in [5.74, 6) is -1.03. The highest BCUT2D eigenvalue weighted by Crippen LogP contribution is 2.59. The van der Waals surface area contributed by atoms with Gasteiger partial charge in [0.1, 0.15) is 0 Å². The smallest absolute Gasteiger partial charge is 0.337 e. The Hall–Kier alpha value is -3.55. The van der Waals surface area contributed by atoms with Crippen molar-refractivity contribution in [3.05, 3.63) is 112 Å². The molecule has 1 aliphatic carbocycles. The summed E-state index contributed by atoms with van der Waals surface area (Å²) in [4.78, 5) is 24.1. The minimum absolute atomic E-state index is 0.0727. The summed E-state index contributed by atoms with van der Waals surface area (Å²) in [6.07, 6.45) is 0.729. The van der Waals surface area contributed by atoms with Gasteiger partial charge in [0.25, 0.3) is 5.69 Å². The molecular formula is C29H23ClN2O4S. The number of alkyl halides is 1. The molecule has 1 saturated carbocycles. The van der Waals surface area contributed by atoms with E-state index in [-0.39, 0.29) is 44.7 Å². The molecule has 0 spiro atoms. The number of hydrogen-bond acceptors (Lipinski definition) is 5. The van der Waals surface area contributed by atoms with Crippen molar-refractivity contribution in [1.82, 2.24) is 0 Å². The number of aromatic carboxylic acids is 1. The molecule has 0 radical (unpaired) electrons. The van der Waals surface area contributed by atoms with E-state index in [1.807, 2.05) is 24.3 Å². The van der Waals surface area contributed by atoms with Crippen LogP contribution in [0.3, 0.4) is 0 Å². The van der Waals surface area contributed by atoms with Crippen molar-refractivity contribution in [2.45, 2.75) is 33.9 Å². The fourth-order valence-corrected chi connectivity index (χ4v) is 7.97. The van der Waals surface area contributed by atoms with Gasteiger partial charge in [-0.1, -0.05) is 66.7 Å². The fourth-order valence-electron chi connectivity index (χ4n) is 6.02. The molecule has 2 aliphatic rings. The first kappa shape index (κ1) is 23.8. The van der Waals surface area contributed by atoms with Crippen LogP contribution in [0.4, 0.5) is 11.4 Å². The minimum Gasteiger partial charge on any atom is -0.478 e. The molecule has 0 aromatic heterocycles. The Kier molecular flexibility index (Phi) is 6.05. The van der Waals surface area contributed by atoms with E-state index in [0.717, 1.165) is 28.3 Å². The largest absolute Gasteiger partial charge is 0.478 e. The Morgan fingerprint density at radius 3 is 2.49 bits per heavy atom. The van der Waals surface area contributed by atoms with Crippen LogP contribution in [0.5, 0.6) is 0 Å². The van der Waals surface area contributed by atoms with E-state index in [9.17, 15) is 20.0 Å². The van der Waals surface area contributed by atoms with Gasteiger partial charge in [-0.2, -0.15) is 0 Å². The van der Waals surface area contributed by atoms with Crippen LogP contribution in [0.25, 0.3) is 10.8 Å². The maximum absolute atomic E-state index is 12.2. The molecule has 37 heavy (non-hydrogen) atoms. The maximum Gasteiger partial charge on any atom is 0.337 e. The average Bonchev–Trinajstić information content (AvgIpc) is 3.23. The molecule has 1 heterocycles. The summed E-state index contributed by atoms with van der Waals surface area (Å²) in [7, 11) is 0. The van der Waals surface area contributed by atoms with E-state index in [0.29, 0.717) is 10.6 Å². The second-order valence-electron chi connectivity index (χ2n) is 9.52. The number of benzene rings is 4. The highest BCUT2D eigenvalue weighted by molar-refractivity contribution is 8.00. The van der Waals surface area contributed by atoms with Crippen LogP contribution in [-0.4, -0.2) is 26.6 Å². The van der Waals surface area contributed by atoms with Crippen LogP contribution in [0.2, 0.25) is 0 Å². The molecular weight excluding hydrogens is 508 g/mol. The second-order valence-corrected chi connectivity index (χ2v) is 11.3. The zero-order valence-electron chi connectivity index (χ0n) is 19.6. The van der Waals surface area contributed by atoms with Gasteiger partial charge in [0.2, 0.25) is 0 Å². The Morgan fingerprint density at radius 2 is 1.68 bits per heavy atom. The molecule has 4 aromatic carbocycles. The molecule has 1 aliphatic heterocycles. The number of halogens is 1. The lowest BCUT2D eigenvalue weighted by Gasteiger charge is -2.39. The third-order valence-electron chi connectivity index (χ3n) is 7.58. The number of fused-ring (bicyclic) bond motifs is 4. The first-order chi connectivity index (χ1) is 17.9. The van der Waals surface area contributed by atoms with E-state index in [1.54, 1.807) is 30.3 Å². The van der Waals surface area contributed by atoms with Crippen LogP contribution >= 0.6 is 23.4 Å². The Bertz CT molecular complexity index is 1540. The number of carbonyl (C=O) groups is 1. The van der Waals surface area contributed by atoms with Crippen LogP contribution < -0.4 is 5.32 Å². The zero-order chi connectivity index (χ0) is 25.7. The first-order valence-corrected chi connectivity index (χ1v) is 13.4. The summed E-state index contributed by atoms with van der Waals surface area (Å²) in [5.41, 5.74) is 2.89. The number of nitrogens with zero attached hydrogens (tertiary/aromatic N) is 1. The molecule has 2 N–H and O–H groups in total. The minimum atomic E-state index is -0.991. The molecule has 1 fully saturated rings. The molecule has 6 rings (SSSR count). The molecule has 4 aromatic rings. The van der Waals surface area contributed by atoms with Crippen molar-refractivity contribution in [2.24, 2.45) is 5.92 Å². The van der Waals surface area contributed by atoms with Gasteiger partial charge in [-0.25, -0.2) is 4.79 Å². The molecule has 6 nitrogen and oxygen atoms in total. The van der Waals surface area contributed by atoms with Gasteiger partial charge in [0.15, 0.2) is 0 Å². The van der Waals surface area contributed by atoms with Gasteiger partial charge in [-0.15, -0.1) is 23.4 Å². The lowest BCUT2D eigenvalue weighted by molar-refractivity contribution is -0.387. The van der Waals surface area contributed by atoms with Gasteiger partial charge >= 0.3 is 5.97 Å². The number of carboxylic acid groups (broad SMARTS) is 1. The Labute approximate surface area is 222 Å². The van der Waals surface area contributed by atoms with E-state index in [4.69, 9.17) is 11.6 Å². The van der Waals surface area contributed by atoms with Crippen molar-refractivity contribution >= 4 is 51.5 Å². The van der Waals surface area contributed by atoms with E-state index in [2.05, 4.69) is 29.6 Å². The number of nitrogens with one attached hydrogen (secondary N) is 1. The lowest BCUT2D eigenvalue weighted by Crippen LogP contribution is -2.32. The summed E-state index contributed by atoms with van der Waals surface area (Å²) >= 11 is 8.65. The maximum atomic E-state index is 12.2. The molecule has 186 valence electrons. The number of rotatable bonds is 5. The molecule has 0 bridgehead atoms. The Morgan fingerprint density at radius 1 is 0.973 bits per heavy atom. The normalized spacial score (nSPS) is 24.2. The van der Waals surface area contributed by atoms with Gasteiger partial charge in [-0.05, 0) is 46.4 Å². The predicted octanol–water partition coefficient (Wildman–Crippen LogP) is 7.48. The van der Waals surface area contributed by atoms with E-state index < -0.39 is 5.97 Å². The van der Waals surface area contributed by atoms with Crippen LogP contribution in [0.1, 0.15) is 39.9 Å². The summed E-state index contributed by atoms with van der Waals surface area (Å²) < 4.78 is 0. The summed E-state index contributed by atoms with van der Waals surface area (Å²) in [6, 6.07) is 26.3. The number of hydrogen-bond donors (Lipinski definition) is 2. The molecule has 0 unspecified atom stereocenters. The second kappa shape index (κ2) is 9.39. The molecule has 0 amide bonds. The lowest BCUT2D eigenvalue weighted by atomic mass is 9.75. The van der Waals surface area contributed by atoms with Crippen molar-refractivity contribution in [1.29, 1.82) is 0 Å². The third-order valence-corrected chi connectivity index (χ3v) is 9.69. The van der Waals surface area contributed by atoms with Crippen molar-refractivity contribution in [3.63, 3.8) is 0 Å². The highest BCUT2D eigenvalue weighted by atomic mass is 35.5. The summed E-state index contributed by atoms with van der Waals surface area (Å²) in [6.45, 7) is 0. The standard InChI is InChI=1S/C29H23ClN2O4S/c30-26-24(37-23-14-4-3-13-22(23)32(35)36)15-21-25(26)19-11-6-12-20(29(33)34)28(19)31-27(21)18-10-5-8-16-7-1-2-9-17(16)18/h1-14,21,24-27,31H,15H2,(H,33,34)/t21-,24+,25-,26+,27-/m1/s1. The number of nitro groups is 1. The molecule has 5 atom stereocenters. The monoisotopic (exact) mass is 530 g/mol. The molecule has 8 heteroatoms. The quantitative estimate of drug-likeness (QED) is 0.158. The predicted molar refractivity (Wildman–Crippen MR) is 147 cm³/mol.